The maximum absolute atomic E-state index is 12.8. The summed E-state index contributed by atoms with van der Waals surface area (Å²) in [5.74, 6) is 1.45. The minimum Gasteiger partial charge on any atom is -0.335 e. The number of benzene rings is 2. The fourth-order valence-corrected chi connectivity index (χ4v) is 7.63. The van der Waals surface area contributed by atoms with Gasteiger partial charge in [-0.2, -0.15) is 18.9 Å². The van der Waals surface area contributed by atoms with E-state index >= 15 is 0 Å². The first-order valence-corrected chi connectivity index (χ1v) is 14.7. The van der Waals surface area contributed by atoms with Crippen molar-refractivity contribution in [3.05, 3.63) is 64.4 Å². The molecule has 0 aliphatic carbocycles. The second-order valence-electron chi connectivity index (χ2n) is 9.60. The van der Waals surface area contributed by atoms with Gasteiger partial charge in [0.25, 0.3) is 0 Å². The lowest BCUT2D eigenvalue weighted by atomic mass is 10.0. The van der Waals surface area contributed by atoms with Crippen LogP contribution in [-0.4, -0.2) is 63.2 Å². The van der Waals surface area contributed by atoms with Crippen molar-refractivity contribution in [1.29, 1.82) is 0 Å². The smallest absolute Gasteiger partial charge is 0.230 e. The maximum atomic E-state index is 12.8. The summed E-state index contributed by atoms with van der Waals surface area (Å²) in [6, 6.07) is 15.1. The lowest BCUT2D eigenvalue weighted by Crippen LogP contribution is -2.50. The van der Waals surface area contributed by atoms with Crippen LogP contribution in [0.15, 0.2) is 48.5 Å². The average Bonchev–Trinajstić information content (AvgIpc) is 3.57. The van der Waals surface area contributed by atoms with E-state index in [-0.39, 0.29) is 17.8 Å². The van der Waals surface area contributed by atoms with Gasteiger partial charge < -0.3 is 4.90 Å². The van der Waals surface area contributed by atoms with Crippen molar-refractivity contribution in [2.24, 2.45) is 0 Å². The van der Waals surface area contributed by atoms with Gasteiger partial charge in [0.2, 0.25) is 16.0 Å². The highest BCUT2D eigenvalue weighted by atomic mass is 35.5. The molecule has 2 aliphatic heterocycles. The summed E-state index contributed by atoms with van der Waals surface area (Å²) in [6.07, 6.45) is 1.38. The van der Waals surface area contributed by atoms with Crippen LogP contribution >= 0.6 is 23.2 Å². The van der Waals surface area contributed by atoms with Crippen LogP contribution in [0.3, 0.4) is 0 Å². The Bertz CT molecular complexity index is 1610. The Morgan fingerprint density at radius 3 is 2.43 bits per heavy atom. The zero-order valence-corrected chi connectivity index (χ0v) is 22.8. The third-order valence-corrected chi connectivity index (χ3v) is 9.78. The van der Waals surface area contributed by atoms with Crippen molar-refractivity contribution < 1.29 is 8.42 Å². The second-order valence-corrected chi connectivity index (χ2v) is 12.5. The standard InChI is InChI=1S/C26H26Cl2N6O2S/c1-3-12-37(35,36)33-15-19-13-20(33)14-32(19)26-30-16(2)29-25-23(17-8-10-18(27)11-9-17)24(31-34(25)26)21-6-4-5-7-22(21)28/h4-11,19-20H,3,12-15H2,1-2H3. The molecule has 4 aromatic rings. The first-order valence-electron chi connectivity index (χ1n) is 12.3. The van der Waals surface area contributed by atoms with E-state index in [1.165, 1.54) is 0 Å². The summed E-state index contributed by atoms with van der Waals surface area (Å²) >= 11 is 12.8. The van der Waals surface area contributed by atoms with Crippen LogP contribution in [0, 0.1) is 6.92 Å². The number of halogens is 2. The molecule has 8 nitrogen and oxygen atoms in total. The summed E-state index contributed by atoms with van der Waals surface area (Å²) in [7, 11) is -3.25. The first kappa shape index (κ1) is 24.6. The van der Waals surface area contributed by atoms with Crippen molar-refractivity contribution in [3.63, 3.8) is 0 Å². The monoisotopic (exact) mass is 556 g/mol. The molecule has 0 radical (unpaired) electrons. The summed E-state index contributed by atoms with van der Waals surface area (Å²) in [4.78, 5) is 11.8. The van der Waals surface area contributed by atoms with E-state index < -0.39 is 10.0 Å². The van der Waals surface area contributed by atoms with E-state index in [1.807, 2.05) is 62.4 Å². The van der Waals surface area contributed by atoms with Crippen LogP contribution < -0.4 is 4.90 Å². The number of aromatic nitrogens is 4. The van der Waals surface area contributed by atoms with Crippen LogP contribution in [0.25, 0.3) is 28.0 Å². The summed E-state index contributed by atoms with van der Waals surface area (Å²) < 4.78 is 29.0. The molecule has 37 heavy (non-hydrogen) atoms. The number of hydrogen-bond acceptors (Lipinski definition) is 6. The van der Waals surface area contributed by atoms with Gasteiger partial charge in [-0.05, 0) is 43.5 Å². The third kappa shape index (κ3) is 4.18. The first-order chi connectivity index (χ1) is 17.8. The van der Waals surface area contributed by atoms with Crippen molar-refractivity contribution >= 4 is 44.8 Å². The molecule has 2 aliphatic rings. The number of anilines is 1. The van der Waals surface area contributed by atoms with Crippen LogP contribution in [-0.2, 0) is 10.0 Å². The molecule has 11 heteroatoms. The molecule has 2 unspecified atom stereocenters. The fourth-order valence-electron chi connectivity index (χ4n) is 5.52. The molecule has 0 saturated carbocycles. The molecule has 2 atom stereocenters. The number of piperazine rings is 1. The van der Waals surface area contributed by atoms with Gasteiger partial charge in [0.1, 0.15) is 11.5 Å². The van der Waals surface area contributed by atoms with Gasteiger partial charge >= 0.3 is 0 Å². The maximum Gasteiger partial charge on any atom is 0.230 e. The molecule has 2 bridgehead atoms. The predicted molar refractivity (Wildman–Crippen MR) is 147 cm³/mol. The second kappa shape index (κ2) is 9.23. The van der Waals surface area contributed by atoms with Gasteiger partial charge in [-0.15, -0.1) is 0 Å². The van der Waals surface area contributed by atoms with E-state index in [4.69, 9.17) is 38.3 Å². The largest absolute Gasteiger partial charge is 0.335 e. The highest BCUT2D eigenvalue weighted by Gasteiger charge is 2.49. The van der Waals surface area contributed by atoms with E-state index in [2.05, 4.69) is 4.90 Å². The van der Waals surface area contributed by atoms with Crippen molar-refractivity contribution in [1.82, 2.24) is 23.9 Å². The van der Waals surface area contributed by atoms with E-state index in [1.54, 1.807) is 8.82 Å². The molecular formula is C26H26Cl2N6O2S. The summed E-state index contributed by atoms with van der Waals surface area (Å²) in [6.45, 7) is 4.78. The van der Waals surface area contributed by atoms with Crippen LogP contribution in [0.1, 0.15) is 25.6 Å². The molecule has 2 fully saturated rings. The molecule has 192 valence electrons. The summed E-state index contributed by atoms with van der Waals surface area (Å²) in [5, 5.41) is 6.24. The lowest BCUT2D eigenvalue weighted by molar-refractivity contribution is 0.366. The number of fused-ring (bicyclic) bond motifs is 3. The van der Waals surface area contributed by atoms with Gasteiger partial charge in [0.05, 0.1) is 16.3 Å². The SMILES string of the molecule is CCCS(=O)(=O)N1CC2CC1CN2c1nc(C)nc2c(-c3ccc(Cl)cc3)c(-c3ccccc3Cl)nn12. The van der Waals surface area contributed by atoms with Gasteiger partial charge in [0.15, 0.2) is 5.65 Å². The van der Waals surface area contributed by atoms with E-state index in [0.29, 0.717) is 52.7 Å². The number of rotatable bonds is 6. The van der Waals surface area contributed by atoms with Gasteiger partial charge in [-0.25, -0.2) is 13.4 Å². The quantitative estimate of drug-likeness (QED) is 0.329. The fraction of sp³-hybridized carbons (Fsp3) is 0.346. The van der Waals surface area contributed by atoms with Gasteiger partial charge in [-0.1, -0.05) is 60.5 Å². The lowest BCUT2D eigenvalue weighted by Gasteiger charge is -2.34. The van der Waals surface area contributed by atoms with Crippen LogP contribution in [0.5, 0.6) is 0 Å². The molecule has 2 saturated heterocycles. The highest BCUT2D eigenvalue weighted by Crippen LogP contribution is 2.41. The van der Waals surface area contributed by atoms with Crippen LogP contribution in [0.2, 0.25) is 10.0 Å². The minimum absolute atomic E-state index is 0.0288. The van der Waals surface area contributed by atoms with Crippen LogP contribution in [0.4, 0.5) is 5.95 Å². The molecule has 6 rings (SSSR count). The Kier molecular flexibility index (Phi) is 6.14. The molecular weight excluding hydrogens is 531 g/mol. The normalized spacial score (nSPS) is 19.8. The molecule has 2 aromatic carbocycles. The molecule has 2 aromatic heterocycles. The number of nitrogens with zero attached hydrogens (tertiary/aromatic N) is 6. The average molecular weight is 558 g/mol. The molecule has 0 N–H and O–H groups in total. The predicted octanol–water partition coefficient (Wildman–Crippen LogP) is 5.08. The Morgan fingerprint density at radius 1 is 1.00 bits per heavy atom. The van der Waals surface area contributed by atoms with Crippen molar-refractivity contribution in [2.45, 2.75) is 38.8 Å². The zero-order chi connectivity index (χ0) is 25.9. The topological polar surface area (TPSA) is 83.7 Å². The number of aryl methyl sites for hydroxylation is 1. The number of sulfonamides is 1. The highest BCUT2D eigenvalue weighted by molar-refractivity contribution is 7.89. The van der Waals surface area contributed by atoms with Gasteiger partial charge in [0, 0.05) is 35.8 Å². The summed E-state index contributed by atoms with van der Waals surface area (Å²) in [5.41, 5.74) is 3.91. The zero-order valence-electron chi connectivity index (χ0n) is 20.5. The number of hydrogen-bond donors (Lipinski definition) is 0. The molecule has 4 heterocycles. The Hall–Kier alpha value is -2.72. The molecule has 0 spiro atoms. The third-order valence-electron chi connectivity index (χ3n) is 7.11. The van der Waals surface area contributed by atoms with Crippen molar-refractivity contribution in [2.75, 3.05) is 23.7 Å². The Labute approximate surface area is 225 Å². The minimum atomic E-state index is -3.25. The molecule has 0 amide bonds. The van der Waals surface area contributed by atoms with E-state index in [9.17, 15) is 8.42 Å². The van der Waals surface area contributed by atoms with E-state index in [0.717, 1.165) is 23.1 Å². The Morgan fingerprint density at radius 2 is 1.76 bits per heavy atom. The van der Waals surface area contributed by atoms with Gasteiger partial charge in [-0.3, -0.25) is 0 Å². The Balaban J connectivity index is 1.50. The van der Waals surface area contributed by atoms with Crippen molar-refractivity contribution in [3.8, 4) is 22.4 Å².